The highest BCUT2D eigenvalue weighted by molar-refractivity contribution is 6.35. The van der Waals surface area contributed by atoms with Gasteiger partial charge >= 0.3 is 0 Å². The van der Waals surface area contributed by atoms with Crippen LogP contribution in [-0.4, -0.2) is 15.8 Å². The van der Waals surface area contributed by atoms with Crippen LogP contribution in [0.3, 0.4) is 0 Å². The molecule has 0 saturated heterocycles. The monoisotopic (exact) mass is 339 g/mol. The van der Waals surface area contributed by atoms with Crippen LogP contribution in [0.2, 0.25) is 5.02 Å². The second kappa shape index (κ2) is 6.36. The predicted octanol–water partition coefficient (Wildman–Crippen LogP) is 3.55. The van der Waals surface area contributed by atoms with E-state index in [4.69, 9.17) is 11.6 Å². The lowest BCUT2D eigenvalue weighted by molar-refractivity contribution is -0.393. The van der Waals surface area contributed by atoms with Gasteiger partial charge in [0.1, 0.15) is 5.82 Å². The second-order valence-electron chi connectivity index (χ2n) is 4.30. The van der Waals surface area contributed by atoms with Gasteiger partial charge in [0.15, 0.2) is 5.02 Å². The van der Waals surface area contributed by atoms with Crippen molar-refractivity contribution in [2.75, 3.05) is 5.32 Å². The fourth-order valence-corrected chi connectivity index (χ4v) is 1.97. The van der Waals surface area contributed by atoms with Crippen LogP contribution in [-0.2, 0) is 0 Å². The number of hydrogen-bond donors (Lipinski definition) is 1. The average molecular weight is 340 g/mol. The predicted molar refractivity (Wildman–Crippen MR) is 79.1 cm³/mol. The lowest BCUT2D eigenvalue weighted by atomic mass is 10.1. The number of halogens is 2. The Kier molecular flexibility index (Phi) is 4.51. The molecule has 2 aromatic rings. The molecule has 118 valence electrons. The normalized spacial score (nSPS) is 10.2. The molecule has 0 atom stereocenters. The maximum Gasteiger partial charge on any atom is 0.295 e. The fourth-order valence-electron chi connectivity index (χ4n) is 1.73. The molecule has 0 fully saturated rings. The van der Waals surface area contributed by atoms with Gasteiger partial charge in [-0.25, -0.2) is 4.39 Å². The van der Waals surface area contributed by atoms with Crippen molar-refractivity contribution >= 4 is 34.6 Å². The summed E-state index contributed by atoms with van der Waals surface area (Å²) in [6.07, 6.45) is 0. The third-order valence-corrected chi connectivity index (χ3v) is 3.18. The number of nitro groups is 2. The van der Waals surface area contributed by atoms with Gasteiger partial charge in [0.05, 0.1) is 15.4 Å². The first kappa shape index (κ1) is 16.3. The largest absolute Gasteiger partial charge is 0.322 e. The molecule has 0 spiro atoms. The first-order valence-electron chi connectivity index (χ1n) is 5.99. The third-order valence-electron chi connectivity index (χ3n) is 2.79. The van der Waals surface area contributed by atoms with E-state index in [-0.39, 0.29) is 11.3 Å². The topological polar surface area (TPSA) is 115 Å². The lowest BCUT2D eigenvalue weighted by Crippen LogP contribution is -2.13. The molecule has 1 N–H and O–H groups in total. The summed E-state index contributed by atoms with van der Waals surface area (Å²) in [4.78, 5) is 32.0. The number of nitro benzene ring substituents is 2. The average Bonchev–Trinajstić information content (AvgIpc) is 2.49. The Morgan fingerprint density at radius 1 is 1.04 bits per heavy atom. The van der Waals surface area contributed by atoms with Crippen LogP contribution >= 0.6 is 11.6 Å². The summed E-state index contributed by atoms with van der Waals surface area (Å²) in [5.41, 5.74) is -1.62. The molecule has 0 aliphatic carbocycles. The molecule has 0 aromatic heterocycles. The molecule has 0 saturated carbocycles. The Bertz CT molecular complexity index is 775. The Hall–Kier alpha value is -3.07. The smallest absolute Gasteiger partial charge is 0.295 e. The van der Waals surface area contributed by atoms with Crippen LogP contribution in [0.25, 0.3) is 0 Å². The number of anilines is 1. The molecule has 0 heterocycles. The van der Waals surface area contributed by atoms with Crippen molar-refractivity contribution in [2.45, 2.75) is 0 Å². The van der Waals surface area contributed by atoms with Crippen molar-refractivity contribution in [1.29, 1.82) is 0 Å². The zero-order valence-electron chi connectivity index (χ0n) is 11.2. The molecule has 0 aliphatic rings. The zero-order valence-corrected chi connectivity index (χ0v) is 11.9. The lowest BCUT2D eigenvalue weighted by Gasteiger charge is -2.06. The van der Waals surface area contributed by atoms with Crippen LogP contribution in [0.1, 0.15) is 10.4 Å². The maximum atomic E-state index is 12.8. The van der Waals surface area contributed by atoms with E-state index in [0.717, 1.165) is 24.3 Å². The number of hydrogen-bond acceptors (Lipinski definition) is 5. The van der Waals surface area contributed by atoms with Crippen molar-refractivity contribution in [3.63, 3.8) is 0 Å². The van der Waals surface area contributed by atoms with E-state index in [9.17, 15) is 29.4 Å². The zero-order chi connectivity index (χ0) is 17.1. The highest BCUT2D eigenvalue weighted by Crippen LogP contribution is 2.35. The highest BCUT2D eigenvalue weighted by Gasteiger charge is 2.27. The Balaban J connectivity index is 2.41. The van der Waals surface area contributed by atoms with E-state index < -0.39 is 38.0 Å². The summed E-state index contributed by atoms with van der Waals surface area (Å²) in [6, 6.07) is 6.39. The summed E-state index contributed by atoms with van der Waals surface area (Å²) in [5, 5.41) is 23.5. The fraction of sp³-hybridized carbons (Fsp3) is 0. The second-order valence-corrected chi connectivity index (χ2v) is 4.68. The Labute approximate surface area is 132 Å². The van der Waals surface area contributed by atoms with Gasteiger partial charge < -0.3 is 5.32 Å². The number of carbonyl (C=O) groups is 1. The van der Waals surface area contributed by atoms with Gasteiger partial charge in [0.25, 0.3) is 17.3 Å². The molecular weight excluding hydrogens is 333 g/mol. The summed E-state index contributed by atoms with van der Waals surface area (Å²) >= 11 is 5.60. The number of carbonyl (C=O) groups excluding carboxylic acids is 1. The van der Waals surface area contributed by atoms with Gasteiger partial charge in [-0.3, -0.25) is 25.0 Å². The number of rotatable bonds is 4. The Morgan fingerprint density at radius 2 is 1.52 bits per heavy atom. The van der Waals surface area contributed by atoms with Crippen molar-refractivity contribution in [2.24, 2.45) is 0 Å². The highest BCUT2D eigenvalue weighted by atomic mass is 35.5. The van der Waals surface area contributed by atoms with E-state index >= 15 is 0 Å². The van der Waals surface area contributed by atoms with Crippen LogP contribution in [0, 0.1) is 26.0 Å². The molecule has 8 nitrogen and oxygen atoms in total. The number of benzene rings is 2. The van der Waals surface area contributed by atoms with Crippen molar-refractivity contribution in [3.05, 3.63) is 73.0 Å². The summed E-state index contributed by atoms with van der Waals surface area (Å²) in [7, 11) is 0. The molecule has 2 rings (SSSR count). The number of nitrogens with one attached hydrogen (secondary N) is 1. The first-order chi connectivity index (χ1) is 10.8. The molecule has 1 amide bonds. The van der Waals surface area contributed by atoms with Gasteiger partial charge in [-0.2, -0.15) is 0 Å². The van der Waals surface area contributed by atoms with Gasteiger partial charge in [-0.15, -0.1) is 0 Å². The van der Waals surface area contributed by atoms with Crippen LogP contribution in [0.4, 0.5) is 21.5 Å². The summed E-state index contributed by atoms with van der Waals surface area (Å²) in [5.74, 6) is -1.35. The minimum absolute atomic E-state index is 0.219. The molecule has 0 unspecified atom stereocenters. The first-order valence-corrected chi connectivity index (χ1v) is 6.36. The van der Waals surface area contributed by atoms with Gasteiger partial charge in [0, 0.05) is 17.8 Å². The molecule has 0 aliphatic heterocycles. The van der Waals surface area contributed by atoms with Gasteiger partial charge in [-0.1, -0.05) is 11.6 Å². The third kappa shape index (κ3) is 3.58. The summed E-state index contributed by atoms with van der Waals surface area (Å²) in [6.45, 7) is 0. The SMILES string of the molecule is O=C(Nc1ccc(F)cc1)c1cc([N+](=O)[O-])c(Cl)c([N+](=O)[O-])c1. The van der Waals surface area contributed by atoms with E-state index in [1.54, 1.807) is 0 Å². The Morgan fingerprint density at radius 3 is 1.96 bits per heavy atom. The van der Waals surface area contributed by atoms with Crippen LogP contribution < -0.4 is 5.32 Å². The van der Waals surface area contributed by atoms with Gasteiger partial charge in [-0.05, 0) is 24.3 Å². The minimum Gasteiger partial charge on any atom is -0.322 e. The molecular formula is C13H7ClFN3O5. The molecule has 2 aromatic carbocycles. The van der Waals surface area contributed by atoms with E-state index in [1.807, 2.05) is 0 Å². The quantitative estimate of drug-likeness (QED) is 0.675. The van der Waals surface area contributed by atoms with Crippen LogP contribution in [0.15, 0.2) is 36.4 Å². The molecule has 0 radical (unpaired) electrons. The van der Waals surface area contributed by atoms with Crippen molar-refractivity contribution < 1.29 is 19.0 Å². The van der Waals surface area contributed by atoms with E-state index in [1.165, 1.54) is 12.1 Å². The maximum absolute atomic E-state index is 12.8. The van der Waals surface area contributed by atoms with E-state index in [2.05, 4.69) is 5.32 Å². The minimum atomic E-state index is -0.927. The standard InChI is InChI=1S/C13H7ClFN3O5/c14-12-10(17(20)21)5-7(6-11(12)18(22)23)13(19)16-9-3-1-8(15)2-4-9/h1-6H,(H,16,19). The number of amides is 1. The van der Waals surface area contributed by atoms with Crippen LogP contribution in [0.5, 0.6) is 0 Å². The molecule has 23 heavy (non-hydrogen) atoms. The molecule has 10 heteroatoms. The van der Waals surface area contributed by atoms with Crippen molar-refractivity contribution in [1.82, 2.24) is 0 Å². The van der Waals surface area contributed by atoms with Crippen molar-refractivity contribution in [3.8, 4) is 0 Å². The molecule has 0 bridgehead atoms. The summed E-state index contributed by atoms with van der Waals surface area (Å²) < 4.78 is 12.8. The number of nitrogens with zero attached hydrogens (tertiary/aromatic N) is 2. The van der Waals surface area contributed by atoms with Gasteiger partial charge in [0.2, 0.25) is 0 Å². The van der Waals surface area contributed by atoms with E-state index in [0.29, 0.717) is 0 Å².